The molecule has 0 saturated carbocycles. The van der Waals surface area contributed by atoms with Crippen LogP contribution in [0.5, 0.6) is 0 Å². The third-order valence-corrected chi connectivity index (χ3v) is 7.31. The van der Waals surface area contributed by atoms with Crippen LogP contribution in [0.1, 0.15) is 5.56 Å². The van der Waals surface area contributed by atoms with Crippen molar-refractivity contribution in [1.29, 1.82) is 0 Å². The number of urea groups is 1. The summed E-state index contributed by atoms with van der Waals surface area (Å²) >= 11 is 6.06. The Hall–Kier alpha value is -3.02. The summed E-state index contributed by atoms with van der Waals surface area (Å²) in [6.45, 7) is 1.19. The normalized spacial score (nSPS) is 15.1. The zero-order valence-corrected chi connectivity index (χ0v) is 18.0. The predicted octanol–water partition coefficient (Wildman–Crippen LogP) is 1.53. The molecule has 1 saturated heterocycles. The number of nitrogens with one attached hydrogen (secondary N) is 1. The number of amides is 2. The molecule has 31 heavy (non-hydrogen) atoms. The molecule has 0 atom stereocenters. The molecule has 0 aliphatic carbocycles. The van der Waals surface area contributed by atoms with Crippen LogP contribution in [0.15, 0.2) is 60.1 Å². The molecule has 12 heteroatoms. The second kappa shape index (κ2) is 9.00. The van der Waals surface area contributed by atoms with Gasteiger partial charge in [0.05, 0.1) is 5.02 Å². The molecule has 2 aromatic heterocycles. The average molecular weight is 462 g/mol. The molecular formula is C19H20ClN7O3S. The molecule has 1 fully saturated rings. The van der Waals surface area contributed by atoms with Gasteiger partial charge in [-0.25, -0.2) is 27.9 Å². The van der Waals surface area contributed by atoms with E-state index in [1.807, 2.05) is 6.07 Å². The number of carbonyl (C=O) groups is 1. The first kappa shape index (κ1) is 21.2. The van der Waals surface area contributed by atoms with E-state index >= 15 is 0 Å². The lowest BCUT2D eigenvalue weighted by atomic mass is 10.2. The minimum Gasteiger partial charge on any atom is -0.334 e. The zero-order valence-electron chi connectivity index (χ0n) is 16.4. The number of hydrogen-bond acceptors (Lipinski definition) is 6. The minimum atomic E-state index is -3.71. The topological polar surface area (TPSA) is 113 Å². The number of sulfonamides is 1. The number of halogens is 1. The van der Waals surface area contributed by atoms with Crippen LogP contribution in [0.25, 0.3) is 5.82 Å². The first-order chi connectivity index (χ1) is 15.0. The number of rotatable bonds is 5. The summed E-state index contributed by atoms with van der Waals surface area (Å²) in [5.41, 5.74) is 0.779. The third-order valence-electron chi connectivity index (χ3n) is 4.91. The number of piperazine rings is 1. The molecule has 162 valence electrons. The standard InChI is InChI=1S/C19H20ClN7O3S/c20-16-5-1-2-6-17(16)31(29,30)26-10-8-25(9-11-26)19(28)23-12-15-4-3-7-22-18(15)27-14-21-13-24-27/h1-7,13-14H,8-12H2,(H,23,28). The van der Waals surface area contributed by atoms with Gasteiger partial charge in [0.2, 0.25) is 10.0 Å². The van der Waals surface area contributed by atoms with E-state index in [0.29, 0.717) is 5.82 Å². The molecule has 0 bridgehead atoms. The molecule has 1 N–H and O–H groups in total. The van der Waals surface area contributed by atoms with Gasteiger partial charge >= 0.3 is 6.03 Å². The molecule has 3 aromatic rings. The summed E-state index contributed by atoms with van der Waals surface area (Å²) < 4.78 is 28.6. The summed E-state index contributed by atoms with van der Waals surface area (Å²) in [7, 11) is -3.71. The summed E-state index contributed by atoms with van der Waals surface area (Å²) in [5, 5.41) is 7.12. The average Bonchev–Trinajstić information content (AvgIpc) is 3.33. The highest BCUT2D eigenvalue weighted by Gasteiger charge is 2.31. The maximum atomic E-state index is 12.8. The van der Waals surface area contributed by atoms with E-state index in [4.69, 9.17) is 11.6 Å². The van der Waals surface area contributed by atoms with Crippen molar-refractivity contribution in [2.24, 2.45) is 0 Å². The number of carbonyl (C=O) groups excluding carboxylic acids is 1. The fourth-order valence-corrected chi connectivity index (χ4v) is 5.21. The minimum absolute atomic E-state index is 0.0757. The van der Waals surface area contributed by atoms with E-state index in [1.165, 1.54) is 27.7 Å². The fourth-order valence-electron chi connectivity index (χ4n) is 3.30. The van der Waals surface area contributed by atoms with Crippen molar-refractivity contribution in [1.82, 2.24) is 34.3 Å². The number of hydrogen-bond donors (Lipinski definition) is 1. The number of pyridine rings is 1. The Morgan fingerprint density at radius 2 is 1.87 bits per heavy atom. The number of aromatic nitrogens is 4. The van der Waals surface area contributed by atoms with Gasteiger partial charge in [-0.2, -0.15) is 9.40 Å². The molecule has 1 aliphatic heterocycles. The van der Waals surface area contributed by atoms with Gasteiger partial charge in [0.25, 0.3) is 0 Å². The van der Waals surface area contributed by atoms with Crippen LogP contribution in [0.3, 0.4) is 0 Å². The molecule has 3 heterocycles. The quantitative estimate of drug-likeness (QED) is 0.616. The Bertz CT molecular complexity index is 1160. The Morgan fingerprint density at radius 3 is 2.58 bits per heavy atom. The van der Waals surface area contributed by atoms with Crippen LogP contribution in [-0.4, -0.2) is 69.6 Å². The van der Waals surface area contributed by atoms with Crippen LogP contribution >= 0.6 is 11.6 Å². The van der Waals surface area contributed by atoms with E-state index in [0.717, 1.165) is 5.56 Å². The Morgan fingerprint density at radius 1 is 1.10 bits per heavy atom. The molecule has 0 spiro atoms. The van der Waals surface area contributed by atoms with E-state index in [-0.39, 0.29) is 48.7 Å². The first-order valence-corrected chi connectivity index (χ1v) is 11.3. The van der Waals surface area contributed by atoms with Crippen LogP contribution in [-0.2, 0) is 16.6 Å². The monoisotopic (exact) mass is 461 g/mol. The maximum Gasteiger partial charge on any atom is 0.317 e. The van der Waals surface area contributed by atoms with Crippen LogP contribution in [0, 0.1) is 0 Å². The Kier molecular flexibility index (Phi) is 6.16. The molecule has 2 amide bonds. The lowest BCUT2D eigenvalue weighted by Gasteiger charge is -2.34. The molecule has 1 aliphatic rings. The number of benzene rings is 1. The molecule has 10 nitrogen and oxygen atoms in total. The lowest BCUT2D eigenvalue weighted by Crippen LogP contribution is -2.53. The maximum absolute atomic E-state index is 12.8. The third kappa shape index (κ3) is 4.53. The Balaban J connectivity index is 1.36. The molecule has 0 radical (unpaired) electrons. The second-order valence-electron chi connectivity index (χ2n) is 6.81. The summed E-state index contributed by atoms with van der Waals surface area (Å²) in [4.78, 5) is 22.5. The molecular weight excluding hydrogens is 442 g/mol. The first-order valence-electron chi connectivity index (χ1n) is 9.53. The van der Waals surface area contributed by atoms with Gasteiger partial charge in [-0.3, -0.25) is 0 Å². The Labute approximate surface area is 184 Å². The fraction of sp³-hybridized carbons (Fsp3) is 0.263. The van der Waals surface area contributed by atoms with Crippen molar-refractivity contribution < 1.29 is 13.2 Å². The van der Waals surface area contributed by atoms with Gasteiger partial charge in [-0.15, -0.1) is 0 Å². The predicted molar refractivity (Wildman–Crippen MR) is 113 cm³/mol. The SMILES string of the molecule is O=C(NCc1cccnc1-n1cncn1)N1CCN(S(=O)(=O)c2ccccc2Cl)CC1. The van der Waals surface area contributed by atoms with E-state index < -0.39 is 10.0 Å². The van der Waals surface area contributed by atoms with Crippen molar-refractivity contribution >= 4 is 27.7 Å². The van der Waals surface area contributed by atoms with E-state index in [2.05, 4.69) is 20.4 Å². The highest BCUT2D eigenvalue weighted by molar-refractivity contribution is 7.89. The van der Waals surface area contributed by atoms with Gasteiger partial charge in [0.1, 0.15) is 17.6 Å². The highest BCUT2D eigenvalue weighted by Crippen LogP contribution is 2.25. The number of nitrogens with zero attached hydrogens (tertiary/aromatic N) is 6. The second-order valence-corrected chi connectivity index (χ2v) is 9.12. The van der Waals surface area contributed by atoms with E-state index in [9.17, 15) is 13.2 Å². The van der Waals surface area contributed by atoms with Crippen LogP contribution in [0.4, 0.5) is 4.79 Å². The molecule has 0 unspecified atom stereocenters. The lowest BCUT2D eigenvalue weighted by molar-refractivity contribution is 0.172. The van der Waals surface area contributed by atoms with E-state index in [1.54, 1.807) is 35.4 Å². The van der Waals surface area contributed by atoms with Crippen LogP contribution < -0.4 is 5.32 Å². The van der Waals surface area contributed by atoms with Crippen molar-refractivity contribution in [2.45, 2.75) is 11.4 Å². The van der Waals surface area contributed by atoms with Crippen molar-refractivity contribution in [3.8, 4) is 5.82 Å². The van der Waals surface area contributed by atoms with Crippen molar-refractivity contribution in [2.75, 3.05) is 26.2 Å². The molecule has 4 rings (SSSR count). The van der Waals surface area contributed by atoms with Gasteiger partial charge in [-0.05, 0) is 18.2 Å². The van der Waals surface area contributed by atoms with Crippen LogP contribution in [0.2, 0.25) is 5.02 Å². The van der Waals surface area contributed by atoms with Crippen molar-refractivity contribution in [3.63, 3.8) is 0 Å². The van der Waals surface area contributed by atoms with Gasteiger partial charge < -0.3 is 10.2 Å². The van der Waals surface area contributed by atoms with Gasteiger partial charge in [0.15, 0.2) is 5.82 Å². The molecule has 1 aromatic carbocycles. The van der Waals surface area contributed by atoms with Gasteiger partial charge in [0, 0.05) is 44.5 Å². The van der Waals surface area contributed by atoms with Gasteiger partial charge in [-0.1, -0.05) is 29.8 Å². The summed E-state index contributed by atoms with van der Waals surface area (Å²) in [6.07, 6.45) is 4.58. The zero-order chi connectivity index (χ0) is 21.8. The van der Waals surface area contributed by atoms with Crippen molar-refractivity contribution in [3.05, 3.63) is 65.8 Å². The summed E-state index contributed by atoms with van der Waals surface area (Å²) in [6, 6.07) is 9.69. The smallest absolute Gasteiger partial charge is 0.317 e. The highest BCUT2D eigenvalue weighted by atomic mass is 35.5. The largest absolute Gasteiger partial charge is 0.334 e. The summed E-state index contributed by atoms with van der Waals surface area (Å²) in [5.74, 6) is 0.580.